The van der Waals surface area contributed by atoms with Crippen LogP contribution < -0.4 is 10.9 Å². The van der Waals surface area contributed by atoms with E-state index in [4.69, 9.17) is 0 Å². The second kappa shape index (κ2) is 9.54. The van der Waals surface area contributed by atoms with Crippen molar-refractivity contribution in [3.8, 4) is 5.69 Å². The first-order chi connectivity index (χ1) is 16.7. The van der Waals surface area contributed by atoms with E-state index in [9.17, 15) is 9.59 Å². The molecule has 0 radical (unpaired) electrons. The first-order valence-electron chi connectivity index (χ1n) is 11.1. The summed E-state index contributed by atoms with van der Waals surface area (Å²) in [5, 5.41) is 7.86. The Morgan fingerprint density at radius 3 is 2.06 bits per heavy atom. The van der Waals surface area contributed by atoms with Crippen LogP contribution in [0.25, 0.3) is 16.7 Å². The highest BCUT2D eigenvalue weighted by atomic mass is 16.2. The molecular weight excluding hydrogens is 426 g/mol. The Morgan fingerprint density at radius 2 is 1.44 bits per heavy atom. The number of nitrogens with zero attached hydrogens (tertiary/aromatic N) is 4. The molecule has 0 aliphatic carbocycles. The molecule has 168 valence electrons. The summed E-state index contributed by atoms with van der Waals surface area (Å²) in [7, 11) is 0. The van der Waals surface area contributed by atoms with Gasteiger partial charge in [-0.2, -0.15) is 5.10 Å². The lowest BCUT2D eigenvalue weighted by Crippen LogP contribution is -2.31. The SMILES string of the molecule is O=C(CCn1cnc2c(cnn2-c2ccccc2)c1=O)NC(c1ccccc1)c1ccccc1. The van der Waals surface area contributed by atoms with Crippen LogP contribution >= 0.6 is 0 Å². The van der Waals surface area contributed by atoms with E-state index in [1.165, 1.54) is 17.1 Å². The third kappa shape index (κ3) is 4.36. The molecule has 0 fully saturated rings. The van der Waals surface area contributed by atoms with Crippen molar-refractivity contribution in [2.45, 2.75) is 19.0 Å². The number of hydrogen-bond acceptors (Lipinski definition) is 4. The van der Waals surface area contributed by atoms with Crippen molar-refractivity contribution in [1.82, 2.24) is 24.6 Å². The molecule has 7 nitrogen and oxygen atoms in total. The van der Waals surface area contributed by atoms with Crippen molar-refractivity contribution in [3.05, 3.63) is 125 Å². The third-order valence-corrected chi connectivity index (χ3v) is 5.71. The Kier molecular flexibility index (Phi) is 5.99. The minimum absolute atomic E-state index is 0.148. The van der Waals surface area contributed by atoms with Gasteiger partial charge in [0, 0.05) is 13.0 Å². The van der Waals surface area contributed by atoms with Crippen LogP contribution in [-0.4, -0.2) is 25.2 Å². The summed E-state index contributed by atoms with van der Waals surface area (Å²) in [6, 6.07) is 28.9. The molecule has 3 aromatic carbocycles. The summed E-state index contributed by atoms with van der Waals surface area (Å²) in [5.74, 6) is -0.148. The van der Waals surface area contributed by atoms with Crippen LogP contribution in [0.4, 0.5) is 0 Å². The molecule has 5 aromatic rings. The summed E-state index contributed by atoms with van der Waals surface area (Å²) in [5.41, 5.74) is 3.09. The number of rotatable bonds is 7. The zero-order valence-corrected chi connectivity index (χ0v) is 18.4. The normalized spacial score (nSPS) is 11.1. The number of nitrogens with one attached hydrogen (secondary N) is 1. The Morgan fingerprint density at radius 1 is 0.853 bits per heavy atom. The minimum Gasteiger partial charge on any atom is -0.345 e. The van der Waals surface area contributed by atoms with Gasteiger partial charge in [0.1, 0.15) is 5.39 Å². The van der Waals surface area contributed by atoms with Gasteiger partial charge in [0.15, 0.2) is 5.65 Å². The van der Waals surface area contributed by atoms with E-state index in [0.29, 0.717) is 11.0 Å². The molecule has 34 heavy (non-hydrogen) atoms. The van der Waals surface area contributed by atoms with Gasteiger partial charge in [-0.25, -0.2) is 9.67 Å². The fourth-order valence-corrected chi connectivity index (χ4v) is 3.97. The van der Waals surface area contributed by atoms with Gasteiger partial charge in [-0.3, -0.25) is 14.2 Å². The highest BCUT2D eigenvalue weighted by Gasteiger charge is 2.17. The van der Waals surface area contributed by atoms with E-state index in [2.05, 4.69) is 15.4 Å². The summed E-state index contributed by atoms with van der Waals surface area (Å²) < 4.78 is 3.09. The zero-order chi connectivity index (χ0) is 23.3. The number of fused-ring (bicyclic) bond motifs is 1. The largest absolute Gasteiger partial charge is 0.345 e. The van der Waals surface area contributed by atoms with Gasteiger partial charge in [-0.1, -0.05) is 78.9 Å². The predicted octanol–water partition coefficient (Wildman–Crippen LogP) is 3.88. The molecule has 0 atom stereocenters. The van der Waals surface area contributed by atoms with Crippen LogP contribution in [0.2, 0.25) is 0 Å². The molecule has 5 rings (SSSR count). The Bertz CT molecular complexity index is 1420. The second-order valence-corrected chi connectivity index (χ2v) is 7.94. The quantitative estimate of drug-likeness (QED) is 0.409. The first-order valence-corrected chi connectivity index (χ1v) is 11.1. The molecule has 0 unspecified atom stereocenters. The lowest BCUT2D eigenvalue weighted by molar-refractivity contribution is -0.121. The van der Waals surface area contributed by atoms with Crippen LogP contribution in [0.1, 0.15) is 23.6 Å². The summed E-state index contributed by atoms with van der Waals surface area (Å²) >= 11 is 0. The number of aryl methyl sites for hydroxylation is 1. The molecule has 7 heteroatoms. The third-order valence-electron chi connectivity index (χ3n) is 5.71. The molecule has 2 aromatic heterocycles. The smallest absolute Gasteiger partial charge is 0.264 e. The predicted molar refractivity (Wildman–Crippen MR) is 131 cm³/mol. The van der Waals surface area contributed by atoms with Crippen molar-refractivity contribution in [3.63, 3.8) is 0 Å². The van der Waals surface area contributed by atoms with Crippen LogP contribution in [0, 0.1) is 0 Å². The van der Waals surface area contributed by atoms with Crippen molar-refractivity contribution in [2.75, 3.05) is 0 Å². The van der Waals surface area contributed by atoms with Crippen LogP contribution in [0.5, 0.6) is 0 Å². The Labute approximate surface area is 196 Å². The number of hydrogen-bond donors (Lipinski definition) is 1. The number of carbonyl (C=O) groups is 1. The molecule has 0 bridgehead atoms. The summed E-state index contributed by atoms with van der Waals surface area (Å²) in [4.78, 5) is 30.3. The average Bonchev–Trinajstić information content (AvgIpc) is 3.33. The van der Waals surface area contributed by atoms with Crippen LogP contribution in [0.3, 0.4) is 0 Å². The van der Waals surface area contributed by atoms with Crippen molar-refractivity contribution in [1.29, 1.82) is 0 Å². The van der Waals surface area contributed by atoms with E-state index in [1.54, 1.807) is 4.68 Å². The number of benzene rings is 3. The minimum atomic E-state index is -0.267. The zero-order valence-electron chi connectivity index (χ0n) is 18.4. The van der Waals surface area contributed by atoms with Gasteiger partial charge in [0.05, 0.1) is 24.3 Å². The summed E-state index contributed by atoms with van der Waals surface area (Å²) in [6.45, 7) is 0.223. The van der Waals surface area contributed by atoms with Gasteiger partial charge in [0.25, 0.3) is 5.56 Å². The summed E-state index contributed by atoms with van der Waals surface area (Å²) in [6.07, 6.45) is 3.15. The molecular formula is C27H23N5O2. The number of amides is 1. The topological polar surface area (TPSA) is 81.8 Å². The molecule has 0 saturated heterocycles. The molecule has 1 amide bonds. The molecule has 0 aliphatic rings. The molecule has 2 heterocycles. The van der Waals surface area contributed by atoms with E-state index < -0.39 is 0 Å². The molecule has 0 saturated carbocycles. The Balaban J connectivity index is 1.33. The number of para-hydroxylation sites is 1. The van der Waals surface area contributed by atoms with E-state index in [-0.39, 0.29) is 30.5 Å². The fraction of sp³-hybridized carbons (Fsp3) is 0.111. The highest BCUT2D eigenvalue weighted by molar-refractivity contribution is 5.77. The average molecular weight is 450 g/mol. The Hall–Kier alpha value is -4.52. The maximum absolute atomic E-state index is 13.0. The van der Waals surface area contributed by atoms with Crippen molar-refractivity contribution < 1.29 is 4.79 Å². The maximum atomic E-state index is 13.0. The van der Waals surface area contributed by atoms with Crippen molar-refractivity contribution in [2.24, 2.45) is 0 Å². The molecule has 0 spiro atoms. The van der Waals surface area contributed by atoms with Gasteiger partial charge >= 0.3 is 0 Å². The monoisotopic (exact) mass is 449 g/mol. The van der Waals surface area contributed by atoms with Crippen LogP contribution in [0.15, 0.2) is 108 Å². The van der Waals surface area contributed by atoms with Gasteiger partial charge < -0.3 is 5.32 Å². The standard InChI is InChI=1S/C27H23N5O2/c33-24(30-25(20-10-4-1-5-11-20)21-12-6-2-7-13-21)16-17-31-19-28-26-23(27(31)34)18-29-32(26)22-14-8-3-9-15-22/h1-15,18-19,25H,16-17H2,(H,30,33). The van der Waals surface area contributed by atoms with E-state index in [1.807, 2.05) is 91.0 Å². The highest BCUT2D eigenvalue weighted by Crippen LogP contribution is 2.22. The second-order valence-electron chi connectivity index (χ2n) is 7.94. The molecule has 0 aliphatic heterocycles. The molecule has 1 N–H and O–H groups in total. The maximum Gasteiger partial charge on any atom is 0.264 e. The fourth-order valence-electron chi connectivity index (χ4n) is 3.97. The first kappa shape index (κ1) is 21.3. The number of carbonyl (C=O) groups excluding carboxylic acids is 1. The van der Waals surface area contributed by atoms with Crippen molar-refractivity contribution >= 4 is 16.9 Å². The van der Waals surface area contributed by atoms with Crippen LogP contribution in [-0.2, 0) is 11.3 Å². The lowest BCUT2D eigenvalue weighted by Gasteiger charge is -2.20. The van der Waals surface area contributed by atoms with Gasteiger partial charge in [-0.05, 0) is 23.3 Å². The van der Waals surface area contributed by atoms with E-state index >= 15 is 0 Å². The van der Waals surface area contributed by atoms with Gasteiger partial charge in [-0.15, -0.1) is 0 Å². The number of aromatic nitrogens is 4. The van der Waals surface area contributed by atoms with E-state index in [0.717, 1.165) is 16.8 Å². The van der Waals surface area contributed by atoms with Gasteiger partial charge in [0.2, 0.25) is 5.91 Å². The lowest BCUT2D eigenvalue weighted by atomic mass is 9.98.